The molecule has 0 radical (unpaired) electrons. The zero-order chi connectivity index (χ0) is 11.2. The molecule has 78 valence electrons. The van der Waals surface area contributed by atoms with Gasteiger partial charge in [0.25, 0.3) is 0 Å². The number of pyridine rings is 2. The van der Waals surface area contributed by atoms with Gasteiger partial charge in [-0.05, 0) is 0 Å². The molecule has 2 heterocycles. The van der Waals surface area contributed by atoms with Crippen molar-refractivity contribution in [2.45, 2.75) is 6.42 Å². The van der Waals surface area contributed by atoms with E-state index < -0.39 is 0 Å². The monoisotopic (exact) mass is 228 g/mol. The SMILES string of the molecule is O=P#CCc1cc(-c2ccncc2)ccn1. The molecule has 0 amide bonds. The average Bonchev–Trinajstić information content (AvgIpc) is 2.38. The Hall–Kier alpha value is -1.69. The number of rotatable bonds is 2. The molecule has 2 rings (SSSR count). The summed E-state index contributed by atoms with van der Waals surface area (Å²) in [5, 5.41) is 0. The van der Waals surface area contributed by atoms with E-state index in [0.717, 1.165) is 16.8 Å². The summed E-state index contributed by atoms with van der Waals surface area (Å²) in [6.45, 7) is 0. The maximum atomic E-state index is 10.3. The molecule has 0 unspecified atom stereocenters. The Balaban J connectivity index is 2.35. The molecule has 0 aliphatic heterocycles. The van der Waals surface area contributed by atoms with E-state index in [2.05, 4.69) is 15.6 Å². The Bertz CT molecular complexity index is 578. The molecule has 0 aliphatic carbocycles. The molecule has 0 saturated carbocycles. The van der Waals surface area contributed by atoms with Gasteiger partial charge in [-0.15, -0.1) is 0 Å². The van der Waals surface area contributed by atoms with Crippen molar-refractivity contribution < 1.29 is 4.57 Å². The second-order valence-electron chi connectivity index (χ2n) is 3.20. The molecule has 0 fully saturated rings. The summed E-state index contributed by atoms with van der Waals surface area (Å²) >= 11 is 0. The van der Waals surface area contributed by atoms with Gasteiger partial charge in [-0.25, -0.2) is 0 Å². The number of nitrogens with zero attached hydrogens (tertiary/aromatic N) is 2. The standard InChI is InChI=1S/C12H9N2OP/c15-16-8-4-12-9-11(3-7-14-12)10-1-5-13-6-2-10/h1-3,5-7,9H,4H2. The first-order valence-corrected chi connectivity index (χ1v) is 5.62. The van der Waals surface area contributed by atoms with Gasteiger partial charge in [-0.1, -0.05) is 0 Å². The number of hydrogen-bond donors (Lipinski definition) is 0. The van der Waals surface area contributed by atoms with Crippen LogP contribution in [-0.2, 0) is 11.0 Å². The fourth-order valence-electron chi connectivity index (χ4n) is 1.41. The van der Waals surface area contributed by atoms with E-state index in [1.165, 1.54) is 0 Å². The Kier molecular flexibility index (Phi) is 3.66. The van der Waals surface area contributed by atoms with Gasteiger partial charge in [0.15, 0.2) is 0 Å². The van der Waals surface area contributed by atoms with Crippen LogP contribution in [0.1, 0.15) is 5.69 Å². The van der Waals surface area contributed by atoms with E-state index in [4.69, 9.17) is 0 Å². The van der Waals surface area contributed by atoms with Crippen molar-refractivity contribution in [3.8, 4) is 16.8 Å². The normalized spacial score (nSPS) is 9.50. The van der Waals surface area contributed by atoms with E-state index in [1.54, 1.807) is 18.6 Å². The molecular weight excluding hydrogens is 219 g/mol. The molecule has 2 aromatic rings. The Morgan fingerprint density at radius 2 is 1.88 bits per heavy atom. The predicted octanol–water partition coefficient (Wildman–Crippen LogP) is 2.94. The Morgan fingerprint density at radius 1 is 1.12 bits per heavy atom. The van der Waals surface area contributed by atoms with Crippen molar-refractivity contribution in [1.29, 1.82) is 0 Å². The number of aromatic nitrogens is 2. The molecular formula is C12H9N2OP. The minimum atomic E-state index is -0.0776. The maximum absolute atomic E-state index is 10.3. The quantitative estimate of drug-likeness (QED) is 0.742. The van der Waals surface area contributed by atoms with Gasteiger partial charge in [0.2, 0.25) is 0 Å². The van der Waals surface area contributed by atoms with Crippen molar-refractivity contribution >= 4 is 7.92 Å². The average molecular weight is 228 g/mol. The van der Waals surface area contributed by atoms with Crippen LogP contribution in [0.15, 0.2) is 42.9 Å². The van der Waals surface area contributed by atoms with Gasteiger partial charge in [-0.3, -0.25) is 0 Å². The summed E-state index contributed by atoms with van der Waals surface area (Å²) in [5.74, 6) is 0. The molecule has 0 N–H and O–H groups in total. The van der Waals surface area contributed by atoms with Crippen molar-refractivity contribution in [2.24, 2.45) is 0 Å². The molecule has 0 aromatic carbocycles. The van der Waals surface area contributed by atoms with E-state index in [0.29, 0.717) is 6.42 Å². The van der Waals surface area contributed by atoms with E-state index in [1.807, 2.05) is 24.3 Å². The summed E-state index contributed by atoms with van der Waals surface area (Å²) in [7, 11) is -0.0776. The third-order valence-corrected chi connectivity index (χ3v) is 2.44. The zero-order valence-corrected chi connectivity index (χ0v) is 9.39. The van der Waals surface area contributed by atoms with Crippen LogP contribution in [0.4, 0.5) is 0 Å². The predicted molar refractivity (Wildman–Crippen MR) is 62.7 cm³/mol. The van der Waals surface area contributed by atoms with Crippen molar-refractivity contribution in [3.05, 3.63) is 48.5 Å². The first-order chi connectivity index (χ1) is 7.90. The first kappa shape index (κ1) is 10.8. The summed E-state index contributed by atoms with van der Waals surface area (Å²) in [6, 6.07) is 7.79. The van der Waals surface area contributed by atoms with E-state index in [-0.39, 0.29) is 7.92 Å². The Labute approximate surface area is 94.7 Å². The van der Waals surface area contributed by atoms with Gasteiger partial charge in [-0.2, -0.15) is 0 Å². The van der Waals surface area contributed by atoms with Crippen LogP contribution >= 0.6 is 7.92 Å². The van der Waals surface area contributed by atoms with Crippen LogP contribution in [0.2, 0.25) is 0 Å². The van der Waals surface area contributed by atoms with Gasteiger partial charge >= 0.3 is 94.2 Å². The topological polar surface area (TPSA) is 42.9 Å². The van der Waals surface area contributed by atoms with Crippen molar-refractivity contribution in [1.82, 2.24) is 9.97 Å². The zero-order valence-electron chi connectivity index (χ0n) is 8.50. The first-order valence-electron chi connectivity index (χ1n) is 4.80. The molecule has 16 heavy (non-hydrogen) atoms. The van der Waals surface area contributed by atoms with Crippen molar-refractivity contribution in [3.63, 3.8) is 0 Å². The fraction of sp³-hybridized carbons (Fsp3) is 0.0833. The van der Waals surface area contributed by atoms with E-state index in [9.17, 15) is 4.57 Å². The van der Waals surface area contributed by atoms with Crippen LogP contribution < -0.4 is 0 Å². The molecule has 0 spiro atoms. The molecule has 0 atom stereocenters. The summed E-state index contributed by atoms with van der Waals surface area (Å²) in [4.78, 5) is 8.15. The third kappa shape index (κ3) is 2.66. The summed E-state index contributed by atoms with van der Waals surface area (Å²) in [5.41, 5.74) is 5.72. The van der Waals surface area contributed by atoms with Crippen LogP contribution in [0, 0.1) is 5.63 Å². The van der Waals surface area contributed by atoms with Gasteiger partial charge < -0.3 is 0 Å². The van der Waals surface area contributed by atoms with Crippen LogP contribution in [0.25, 0.3) is 11.1 Å². The van der Waals surface area contributed by atoms with Gasteiger partial charge in [0, 0.05) is 0 Å². The molecule has 0 saturated heterocycles. The van der Waals surface area contributed by atoms with Crippen LogP contribution in [0.5, 0.6) is 0 Å². The van der Waals surface area contributed by atoms with Crippen LogP contribution in [0.3, 0.4) is 0 Å². The van der Waals surface area contributed by atoms with Gasteiger partial charge in [0.05, 0.1) is 0 Å². The van der Waals surface area contributed by atoms with Crippen molar-refractivity contribution in [2.75, 3.05) is 0 Å². The Morgan fingerprint density at radius 3 is 2.62 bits per heavy atom. The summed E-state index contributed by atoms with van der Waals surface area (Å²) in [6.07, 6.45) is 5.74. The molecule has 0 bridgehead atoms. The third-order valence-electron chi connectivity index (χ3n) is 2.15. The molecule has 0 aliphatic rings. The number of hydrogen-bond acceptors (Lipinski definition) is 3. The second kappa shape index (κ2) is 5.41. The fourth-order valence-corrected chi connectivity index (χ4v) is 1.64. The summed E-state index contributed by atoms with van der Waals surface area (Å²) < 4.78 is 10.3. The minimum absolute atomic E-state index is 0.0776. The molecule has 3 nitrogen and oxygen atoms in total. The van der Waals surface area contributed by atoms with Gasteiger partial charge in [0.1, 0.15) is 0 Å². The van der Waals surface area contributed by atoms with Crippen LogP contribution in [-0.4, -0.2) is 9.97 Å². The molecule has 4 heteroatoms. The van der Waals surface area contributed by atoms with E-state index >= 15 is 0 Å². The second-order valence-corrected chi connectivity index (χ2v) is 3.70. The molecule has 2 aromatic heterocycles.